The van der Waals surface area contributed by atoms with Crippen molar-refractivity contribution < 1.29 is 34.4 Å². The fourth-order valence-electron chi connectivity index (χ4n) is 2.36. The van der Waals surface area contributed by atoms with Crippen LogP contribution in [0.1, 0.15) is 11.1 Å². The van der Waals surface area contributed by atoms with Crippen LogP contribution < -0.4 is 0 Å². The van der Waals surface area contributed by atoms with Gasteiger partial charge in [0.2, 0.25) is 9.84 Å². The molecule has 0 saturated heterocycles. The summed E-state index contributed by atoms with van der Waals surface area (Å²) in [5.41, 5.74) is -0.615. The summed E-state index contributed by atoms with van der Waals surface area (Å²) in [5.74, 6) is -2.05. The van der Waals surface area contributed by atoms with Crippen LogP contribution in [-0.2, 0) is 41.6 Å². The summed E-state index contributed by atoms with van der Waals surface area (Å²) in [6.07, 6.45) is 0. The Kier molecular flexibility index (Phi) is 6.27. The second kappa shape index (κ2) is 7.66. The minimum Gasteiger partial charge on any atom is -0.285 e. The molecule has 148 valence electrons. The lowest BCUT2D eigenvalue weighted by molar-refractivity contribution is 0.479. The molecule has 0 aliphatic carbocycles. The number of halogens is 2. The fraction of sp³-hybridized carbons (Fsp3) is 0.143. The summed E-state index contributed by atoms with van der Waals surface area (Å²) in [5, 5.41) is 0.0590. The van der Waals surface area contributed by atoms with Crippen LogP contribution in [0.3, 0.4) is 0 Å². The van der Waals surface area contributed by atoms with Gasteiger partial charge in [0.25, 0.3) is 20.2 Å². The Morgan fingerprint density at radius 3 is 1.30 bits per heavy atom. The maximum atomic E-state index is 13.0. The van der Waals surface area contributed by atoms with Gasteiger partial charge < -0.3 is 0 Å². The average Bonchev–Trinajstić information content (AvgIpc) is 2.43. The Hall–Kier alpha value is -1.21. The SMILES string of the molecule is O=S(=O)(O)Cc1cc(Cl)ccc1S(=O)(=O)c1ccc(Cl)cc1CS(=O)(=O)O. The second-order valence-corrected chi connectivity index (χ2v) is 11.1. The molecule has 13 heteroatoms. The molecule has 0 spiro atoms. The van der Waals surface area contributed by atoms with E-state index in [1.165, 1.54) is 12.1 Å². The zero-order valence-corrected chi connectivity index (χ0v) is 17.2. The normalized spacial score (nSPS) is 12.9. The third kappa shape index (κ3) is 5.88. The van der Waals surface area contributed by atoms with Gasteiger partial charge in [-0.25, -0.2) is 8.42 Å². The largest absolute Gasteiger partial charge is 0.285 e. The molecule has 2 aromatic carbocycles. The van der Waals surface area contributed by atoms with Crippen LogP contribution in [0, 0.1) is 0 Å². The molecule has 0 heterocycles. The average molecular weight is 475 g/mol. The Morgan fingerprint density at radius 2 is 1.00 bits per heavy atom. The van der Waals surface area contributed by atoms with E-state index >= 15 is 0 Å². The van der Waals surface area contributed by atoms with Crippen molar-refractivity contribution in [2.24, 2.45) is 0 Å². The van der Waals surface area contributed by atoms with E-state index in [4.69, 9.17) is 32.3 Å². The van der Waals surface area contributed by atoms with E-state index in [-0.39, 0.29) is 21.2 Å². The number of sulfone groups is 1. The maximum Gasteiger partial charge on any atom is 0.269 e. The van der Waals surface area contributed by atoms with Gasteiger partial charge in [-0.05, 0) is 47.5 Å². The van der Waals surface area contributed by atoms with Crippen LogP contribution in [-0.4, -0.2) is 34.4 Å². The number of hydrogen-bond acceptors (Lipinski definition) is 6. The molecule has 2 N–H and O–H groups in total. The van der Waals surface area contributed by atoms with Gasteiger partial charge in [-0.15, -0.1) is 0 Å². The molecule has 0 amide bonds. The van der Waals surface area contributed by atoms with Crippen molar-refractivity contribution in [3.05, 3.63) is 57.6 Å². The molecule has 0 aromatic heterocycles. The van der Waals surface area contributed by atoms with E-state index in [0.717, 1.165) is 24.3 Å². The van der Waals surface area contributed by atoms with Crippen LogP contribution in [0.2, 0.25) is 10.0 Å². The van der Waals surface area contributed by atoms with Crippen LogP contribution in [0.4, 0.5) is 0 Å². The minimum absolute atomic E-state index is 0.0295. The van der Waals surface area contributed by atoms with Crippen molar-refractivity contribution in [2.45, 2.75) is 21.3 Å². The number of rotatable bonds is 6. The smallest absolute Gasteiger partial charge is 0.269 e. The van der Waals surface area contributed by atoms with Crippen LogP contribution in [0.15, 0.2) is 46.2 Å². The molecule has 2 rings (SSSR count). The highest BCUT2D eigenvalue weighted by atomic mass is 35.5. The Balaban J connectivity index is 2.74. The van der Waals surface area contributed by atoms with E-state index < -0.39 is 51.4 Å². The third-order valence-electron chi connectivity index (χ3n) is 3.30. The van der Waals surface area contributed by atoms with Gasteiger partial charge in [0.15, 0.2) is 0 Å². The molecular formula is C14H12Cl2O8S3. The van der Waals surface area contributed by atoms with Crippen molar-refractivity contribution in [1.82, 2.24) is 0 Å². The standard InChI is InChI=1S/C14H12Cl2O8S3/c15-11-1-3-13(9(5-11)7-25(17,18)19)27(23,24)14-4-2-12(16)6-10(14)8-26(20,21)22/h1-6H,7-8H2,(H,17,18,19)(H,20,21,22). The number of benzene rings is 2. The fourth-order valence-corrected chi connectivity index (χ4v) is 5.88. The summed E-state index contributed by atoms with van der Waals surface area (Å²) < 4.78 is 89.1. The van der Waals surface area contributed by atoms with E-state index in [1.807, 2.05) is 0 Å². The molecule has 27 heavy (non-hydrogen) atoms. The van der Waals surface area contributed by atoms with Crippen LogP contribution in [0.5, 0.6) is 0 Å². The Bertz CT molecular complexity index is 1110. The number of hydrogen-bond donors (Lipinski definition) is 2. The zero-order valence-electron chi connectivity index (χ0n) is 13.2. The summed E-state index contributed by atoms with van der Waals surface area (Å²) in [4.78, 5) is -0.994. The second-order valence-electron chi connectivity index (χ2n) is 5.46. The first-order chi connectivity index (χ1) is 12.2. The van der Waals surface area contributed by atoms with Crippen molar-refractivity contribution in [3.63, 3.8) is 0 Å². The van der Waals surface area contributed by atoms with Gasteiger partial charge in [0.05, 0.1) is 9.79 Å². The first kappa shape index (κ1) is 22.1. The van der Waals surface area contributed by atoms with E-state index in [2.05, 4.69) is 0 Å². The monoisotopic (exact) mass is 474 g/mol. The Morgan fingerprint density at radius 1 is 0.667 bits per heavy atom. The lowest BCUT2D eigenvalue weighted by Crippen LogP contribution is -2.13. The topological polar surface area (TPSA) is 143 Å². The molecule has 0 saturated carbocycles. The van der Waals surface area contributed by atoms with Gasteiger partial charge in [0, 0.05) is 10.0 Å². The molecule has 8 nitrogen and oxygen atoms in total. The van der Waals surface area contributed by atoms with Gasteiger partial charge >= 0.3 is 0 Å². The molecule has 0 bridgehead atoms. The first-order valence-electron chi connectivity index (χ1n) is 6.91. The molecule has 0 fully saturated rings. The summed E-state index contributed by atoms with van der Waals surface area (Å²) in [6, 6.07) is 6.57. The van der Waals surface area contributed by atoms with E-state index in [0.29, 0.717) is 0 Å². The van der Waals surface area contributed by atoms with Crippen LogP contribution in [0.25, 0.3) is 0 Å². The quantitative estimate of drug-likeness (QED) is 0.607. The van der Waals surface area contributed by atoms with E-state index in [1.54, 1.807) is 0 Å². The lowest BCUT2D eigenvalue weighted by Gasteiger charge is -2.13. The molecule has 2 aromatic rings. The summed E-state index contributed by atoms with van der Waals surface area (Å²) in [6.45, 7) is 0. The predicted octanol–water partition coefficient (Wildman–Crippen LogP) is 2.60. The molecular weight excluding hydrogens is 463 g/mol. The van der Waals surface area contributed by atoms with Crippen LogP contribution >= 0.6 is 23.2 Å². The van der Waals surface area contributed by atoms with Gasteiger partial charge in [-0.3, -0.25) is 9.11 Å². The first-order valence-corrected chi connectivity index (χ1v) is 12.4. The van der Waals surface area contributed by atoms with Gasteiger partial charge in [-0.2, -0.15) is 16.8 Å². The molecule has 0 atom stereocenters. The third-order valence-corrected chi connectivity index (χ3v) is 7.08. The minimum atomic E-state index is -4.58. The van der Waals surface area contributed by atoms with Crippen molar-refractivity contribution in [1.29, 1.82) is 0 Å². The summed E-state index contributed by atoms with van der Waals surface area (Å²) in [7, 11) is -13.6. The van der Waals surface area contributed by atoms with Crippen molar-refractivity contribution >= 4 is 53.3 Å². The predicted molar refractivity (Wildman–Crippen MR) is 98.9 cm³/mol. The van der Waals surface area contributed by atoms with Crippen molar-refractivity contribution in [3.8, 4) is 0 Å². The van der Waals surface area contributed by atoms with Crippen molar-refractivity contribution in [2.75, 3.05) is 0 Å². The molecule has 0 aliphatic heterocycles. The highest BCUT2D eigenvalue weighted by molar-refractivity contribution is 7.91. The highest BCUT2D eigenvalue weighted by Gasteiger charge is 2.27. The van der Waals surface area contributed by atoms with Gasteiger partial charge in [-0.1, -0.05) is 23.2 Å². The van der Waals surface area contributed by atoms with Gasteiger partial charge in [0.1, 0.15) is 11.5 Å². The summed E-state index contributed by atoms with van der Waals surface area (Å²) >= 11 is 11.6. The Labute approximate surface area is 166 Å². The lowest BCUT2D eigenvalue weighted by atomic mass is 10.2. The molecule has 0 radical (unpaired) electrons. The molecule has 0 unspecified atom stereocenters. The van der Waals surface area contributed by atoms with E-state index in [9.17, 15) is 25.3 Å². The highest BCUT2D eigenvalue weighted by Crippen LogP contribution is 2.31. The zero-order chi connectivity index (χ0) is 20.6. The maximum absolute atomic E-state index is 13.0. The molecule has 0 aliphatic rings.